The number of rotatable bonds is 7. The van der Waals surface area contributed by atoms with E-state index < -0.39 is 37.9 Å². The van der Waals surface area contributed by atoms with Gasteiger partial charge in [-0.2, -0.15) is 4.31 Å². The molecule has 2 heterocycles. The fourth-order valence-corrected chi connectivity index (χ4v) is 7.37. The number of amides is 2. The Bertz CT molecular complexity index is 1080. The molecule has 1 aromatic carbocycles. The van der Waals surface area contributed by atoms with Crippen LogP contribution in [0.25, 0.3) is 0 Å². The Kier molecular flexibility index (Phi) is 7.85. The van der Waals surface area contributed by atoms with Gasteiger partial charge in [0.05, 0.1) is 16.4 Å². The van der Waals surface area contributed by atoms with Crippen LogP contribution in [0.4, 0.5) is 0 Å². The van der Waals surface area contributed by atoms with Crippen LogP contribution in [0, 0.1) is 18.8 Å². The van der Waals surface area contributed by atoms with Crippen LogP contribution in [0.5, 0.6) is 0 Å². The van der Waals surface area contributed by atoms with Crippen molar-refractivity contribution in [2.45, 2.75) is 57.0 Å². The van der Waals surface area contributed by atoms with Gasteiger partial charge in [0.15, 0.2) is 9.84 Å². The van der Waals surface area contributed by atoms with E-state index in [0.717, 1.165) is 5.56 Å². The number of sulfonamides is 1. The molecule has 0 bridgehead atoms. The van der Waals surface area contributed by atoms with E-state index in [0.29, 0.717) is 19.3 Å². The Hall–Kier alpha value is -1.98. The Morgan fingerprint density at radius 3 is 2.18 bits per heavy atom. The van der Waals surface area contributed by atoms with E-state index in [1.165, 1.54) is 4.31 Å². The highest BCUT2D eigenvalue weighted by Gasteiger charge is 2.35. The van der Waals surface area contributed by atoms with Crippen LogP contribution in [0.1, 0.15) is 38.7 Å². The van der Waals surface area contributed by atoms with Crippen LogP contribution >= 0.6 is 0 Å². The van der Waals surface area contributed by atoms with Gasteiger partial charge in [-0.3, -0.25) is 9.59 Å². The van der Waals surface area contributed by atoms with Crippen LogP contribution < -0.4 is 10.6 Å². The number of hydrogen-bond donors (Lipinski definition) is 2. The number of carbonyl (C=O) groups excluding carboxylic acids is 2. The van der Waals surface area contributed by atoms with Crippen molar-refractivity contribution in [3.63, 3.8) is 0 Å². The van der Waals surface area contributed by atoms with Crippen molar-refractivity contribution in [3.8, 4) is 0 Å². The average molecular weight is 500 g/mol. The summed E-state index contributed by atoms with van der Waals surface area (Å²) in [4.78, 5) is 25.8. The molecule has 0 aromatic heterocycles. The molecule has 2 saturated heterocycles. The molecule has 0 radical (unpaired) electrons. The third-order valence-electron chi connectivity index (χ3n) is 6.31. The van der Waals surface area contributed by atoms with E-state index in [4.69, 9.17) is 0 Å². The van der Waals surface area contributed by atoms with Crippen LogP contribution in [-0.2, 0) is 29.4 Å². The normalized spacial score (nSPS) is 22.7. The molecule has 3 rings (SSSR count). The fourth-order valence-electron chi connectivity index (χ4n) is 4.22. The van der Waals surface area contributed by atoms with Crippen LogP contribution in [0.2, 0.25) is 0 Å². The van der Waals surface area contributed by atoms with E-state index in [1.54, 1.807) is 24.3 Å². The molecule has 2 aliphatic heterocycles. The summed E-state index contributed by atoms with van der Waals surface area (Å²) in [5.74, 6) is -1.27. The second-order valence-corrected chi connectivity index (χ2v) is 13.5. The van der Waals surface area contributed by atoms with Gasteiger partial charge in [-0.1, -0.05) is 31.5 Å². The van der Waals surface area contributed by atoms with Crippen molar-refractivity contribution in [1.82, 2.24) is 14.9 Å². The summed E-state index contributed by atoms with van der Waals surface area (Å²) in [6.45, 7) is 5.97. The van der Waals surface area contributed by atoms with Gasteiger partial charge in [-0.25, -0.2) is 16.8 Å². The van der Waals surface area contributed by atoms with Gasteiger partial charge in [0.25, 0.3) is 0 Å². The number of nitrogens with zero attached hydrogens (tertiary/aromatic N) is 1. The van der Waals surface area contributed by atoms with Gasteiger partial charge in [0, 0.05) is 25.0 Å². The number of aryl methyl sites for hydroxylation is 1. The quantitative estimate of drug-likeness (QED) is 0.572. The summed E-state index contributed by atoms with van der Waals surface area (Å²) in [6, 6.07) is 5.47. The molecule has 9 nitrogen and oxygen atoms in total. The van der Waals surface area contributed by atoms with E-state index in [1.807, 2.05) is 20.8 Å². The molecule has 1 unspecified atom stereocenters. The monoisotopic (exact) mass is 499 g/mol. The van der Waals surface area contributed by atoms with Gasteiger partial charge >= 0.3 is 0 Å². The van der Waals surface area contributed by atoms with Crippen molar-refractivity contribution in [2.75, 3.05) is 24.6 Å². The van der Waals surface area contributed by atoms with Crippen LogP contribution in [-0.4, -0.2) is 69.6 Å². The molecule has 0 spiro atoms. The zero-order valence-electron chi connectivity index (χ0n) is 19.3. The van der Waals surface area contributed by atoms with E-state index in [2.05, 4.69) is 10.6 Å². The zero-order chi connectivity index (χ0) is 24.4. The molecule has 2 atom stereocenters. The lowest BCUT2D eigenvalue weighted by Gasteiger charge is -2.32. The largest absolute Gasteiger partial charge is 0.351 e. The first kappa shape index (κ1) is 25.6. The van der Waals surface area contributed by atoms with E-state index in [9.17, 15) is 26.4 Å². The van der Waals surface area contributed by atoms with Crippen molar-refractivity contribution >= 4 is 31.7 Å². The first-order chi connectivity index (χ1) is 15.4. The van der Waals surface area contributed by atoms with Crippen molar-refractivity contribution in [1.29, 1.82) is 0 Å². The average Bonchev–Trinajstić information content (AvgIpc) is 3.09. The molecule has 1 aromatic rings. The first-order valence-corrected chi connectivity index (χ1v) is 14.5. The van der Waals surface area contributed by atoms with E-state index >= 15 is 0 Å². The van der Waals surface area contributed by atoms with Crippen molar-refractivity contribution < 1.29 is 26.4 Å². The second kappa shape index (κ2) is 10.1. The molecule has 33 heavy (non-hydrogen) atoms. The third kappa shape index (κ3) is 6.33. The number of nitrogens with one attached hydrogen (secondary N) is 2. The Labute approximate surface area is 196 Å². The molecule has 2 fully saturated rings. The summed E-state index contributed by atoms with van der Waals surface area (Å²) in [7, 11) is -6.74. The molecule has 184 valence electrons. The minimum Gasteiger partial charge on any atom is -0.351 e. The molecular formula is C22H33N3O6S2. The number of benzene rings is 1. The van der Waals surface area contributed by atoms with Gasteiger partial charge in [-0.05, 0) is 44.2 Å². The summed E-state index contributed by atoms with van der Waals surface area (Å²) in [6.07, 6.45) is 1.11. The van der Waals surface area contributed by atoms with E-state index in [-0.39, 0.29) is 47.2 Å². The molecule has 2 amide bonds. The summed E-state index contributed by atoms with van der Waals surface area (Å²) in [5, 5.41) is 5.56. The van der Waals surface area contributed by atoms with Gasteiger partial charge in [-0.15, -0.1) is 0 Å². The lowest BCUT2D eigenvalue weighted by Crippen LogP contribution is -2.54. The van der Waals surface area contributed by atoms with Gasteiger partial charge < -0.3 is 10.6 Å². The SMILES string of the molecule is Cc1ccc(S(=O)(=O)N2CCC(C(=O)N[C@H](C(=O)NC3CCS(=O)(=O)C3)C(C)C)CC2)cc1. The molecule has 2 aliphatic rings. The third-order valence-corrected chi connectivity index (χ3v) is 9.99. The Balaban J connectivity index is 1.56. The smallest absolute Gasteiger partial charge is 0.243 e. The maximum atomic E-state index is 12.9. The summed E-state index contributed by atoms with van der Waals surface area (Å²) in [5.41, 5.74) is 0.975. The zero-order valence-corrected chi connectivity index (χ0v) is 20.9. The maximum Gasteiger partial charge on any atom is 0.243 e. The molecule has 0 saturated carbocycles. The Morgan fingerprint density at radius 2 is 1.67 bits per heavy atom. The van der Waals surface area contributed by atoms with Crippen LogP contribution in [0.15, 0.2) is 29.2 Å². The molecular weight excluding hydrogens is 466 g/mol. The standard InChI is InChI=1S/C22H33N3O6S2/c1-15(2)20(22(27)23-18-10-13-32(28,29)14-18)24-21(26)17-8-11-25(12-9-17)33(30,31)19-6-4-16(3)5-7-19/h4-7,15,17-18,20H,8-14H2,1-3H3,(H,23,27)(H,24,26)/t18?,20-/m0/s1. The first-order valence-electron chi connectivity index (χ1n) is 11.3. The molecule has 2 N–H and O–H groups in total. The maximum absolute atomic E-state index is 12.9. The lowest BCUT2D eigenvalue weighted by atomic mass is 9.95. The highest BCUT2D eigenvalue weighted by Crippen LogP contribution is 2.24. The topological polar surface area (TPSA) is 130 Å². The highest BCUT2D eigenvalue weighted by molar-refractivity contribution is 7.91. The Morgan fingerprint density at radius 1 is 1.06 bits per heavy atom. The minimum absolute atomic E-state index is 0.0563. The molecule has 0 aliphatic carbocycles. The predicted molar refractivity (Wildman–Crippen MR) is 125 cm³/mol. The van der Waals surface area contributed by atoms with Crippen LogP contribution in [0.3, 0.4) is 0 Å². The number of piperidine rings is 1. The predicted octanol–water partition coefficient (Wildman–Crippen LogP) is 0.840. The van der Waals surface area contributed by atoms with Gasteiger partial charge in [0.1, 0.15) is 6.04 Å². The fraction of sp³-hybridized carbons (Fsp3) is 0.636. The minimum atomic E-state index is -3.61. The van der Waals surface area contributed by atoms with Gasteiger partial charge in [0.2, 0.25) is 21.8 Å². The second-order valence-electron chi connectivity index (χ2n) is 9.33. The highest BCUT2D eigenvalue weighted by atomic mass is 32.2. The summed E-state index contributed by atoms with van der Waals surface area (Å²) >= 11 is 0. The number of sulfone groups is 1. The summed E-state index contributed by atoms with van der Waals surface area (Å²) < 4.78 is 50.4. The lowest BCUT2D eigenvalue weighted by molar-refractivity contribution is -0.133. The number of hydrogen-bond acceptors (Lipinski definition) is 6. The van der Waals surface area contributed by atoms with Crippen molar-refractivity contribution in [3.05, 3.63) is 29.8 Å². The number of carbonyl (C=O) groups is 2. The van der Waals surface area contributed by atoms with Crippen molar-refractivity contribution in [2.24, 2.45) is 11.8 Å². The molecule has 11 heteroatoms.